The molecule has 2 fully saturated rings. The quantitative estimate of drug-likeness (QED) is 0.770. The summed E-state index contributed by atoms with van der Waals surface area (Å²) in [5.41, 5.74) is 5.83. The standard InChI is InChI=1S/C14H26N2O/c1-10(11-7-8-11)14(17)16-13(9-15)12-5-3-2-4-6-12/h10-13H,2-9,15H2,1H3,(H,16,17). The van der Waals surface area contributed by atoms with E-state index in [-0.39, 0.29) is 17.9 Å². The fourth-order valence-corrected chi connectivity index (χ4v) is 3.03. The molecule has 3 nitrogen and oxygen atoms in total. The second-order valence-electron chi connectivity index (χ2n) is 5.87. The molecule has 2 saturated carbocycles. The number of carbonyl (C=O) groups excluding carboxylic acids is 1. The summed E-state index contributed by atoms with van der Waals surface area (Å²) in [6.07, 6.45) is 8.88. The number of amides is 1. The van der Waals surface area contributed by atoms with Crippen molar-refractivity contribution in [3.8, 4) is 0 Å². The number of carbonyl (C=O) groups is 1. The lowest BCUT2D eigenvalue weighted by molar-refractivity contribution is -0.126. The highest BCUT2D eigenvalue weighted by Crippen LogP contribution is 2.36. The molecule has 3 heteroatoms. The summed E-state index contributed by atoms with van der Waals surface area (Å²) in [5.74, 6) is 1.67. The smallest absolute Gasteiger partial charge is 0.223 e. The predicted octanol–water partition coefficient (Wildman–Crippen LogP) is 2.06. The van der Waals surface area contributed by atoms with Crippen LogP contribution in [0.5, 0.6) is 0 Å². The van der Waals surface area contributed by atoms with Gasteiger partial charge in [-0.25, -0.2) is 0 Å². The highest BCUT2D eigenvalue weighted by Gasteiger charge is 2.34. The molecule has 2 aliphatic rings. The van der Waals surface area contributed by atoms with Crippen molar-refractivity contribution in [1.29, 1.82) is 0 Å². The van der Waals surface area contributed by atoms with Gasteiger partial charge in [-0.15, -0.1) is 0 Å². The first-order valence-corrected chi connectivity index (χ1v) is 7.22. The molecule has 0 radical (unpaired) electrons. The lowest BCUT2D eigenvalue weighted by Gasteiger charge is -2.30. The van der Waals surface area contributed by atoms with Crippen molar-refractivity contribution in [2.75, 3.05) is 6.54 Å². The van der Waals surface area contributed by atoms with Gasteiger partial charge in [0, 0.05) is 18.5 Å². The first-order chi connectivity index (χ1) is 8.22. The fraction of sp³-hybridized carbons (Fsp3) is 0.929. The van der Waals surface area contributed by atoms with Crippen molar-refractivity contribution in [3.63, 3.8) is 0 Å². The van der Waals surface area contributed by atoms with Gasteiger partial charge < -0.3 is 11.1 Å². The molecule has 0 bridgehead atoms. The zero-order valence-electron chi connectivity index (χ0n) is 11.0. The van der Waals surface area contributed by atoms with E-state index in [0.717, 1.165) is 0 Å². The fourth-order valence-electron chi connectivity index (χ4n) is 3.03. The van der Waals surface area contributed by atoms with Crippen molar-refractivity contribution in [2.24, 2.45) is 23.5 Å². The molecule has 0 aromatic carbocycles. The van der Waals surface area contributed by atoms with E-state index in [0.29, 0.717) is 18.4 Å². The van der Waals surface area contributed by atoms with Crippen LogP contribution in [0.25, 0.3) is 0 Å². The van der Waals surface area contributed by atoms with Gasteiger partial charge in [0.15, 0.2) is 0 Å². The molecule has 1 amide bonds. The summed E-state index contributed by atoms with van der Waals surface area (Å²) in [6.45, 7) is 2.65. The summed E-state index contributed by atoms with van der Waals surface area (Å²) in [7, 11) is 0. The third-order valence-corrected chi connectivity index (χ3v) is 4.54. The molecular formula is C14H26N2O. The zero-order chi connectivity index (χ0) is 12.3. The minimum atomic E-state index is 0.188. The maximum atomic E-state index is 12.1. The van der Waals surface area contributed by atoms with Crippen LogP contribution in [0.2, 0.25) is 0 Å². The third kappa shape index (κ3) is 3.44. The Kier molecular flexibility index (Phi) is 4.43. The number of nitrogens with one attached hydrogen (secondary N) is 1. The molecular weight excluding hydrogens is 212 g/mol. The summed E-state index contributed by atoms with van der Waals surface area (Å²) in [4.78, 5) is 12.1. The average Bonchev–Trinajstić information content (AvgIpc) is 3.20. The molecule has 2 aliphatic carbocycles. The van der Waals surface area contributed by atoms with Crippen LogP contribution in [0.15, 0.2) is 0 Å². The molecule has 98 valence electrons. The Bertz CT molecular complexity index is 257. The lowest BCUT2D eigenvalue weighted by Crippen LogP contribution is -2.47. The predicted molar refractivity (Wildman–Crippen MR) is 69.4 cm³/mol. The van der Waals surface area contributed by atoms with Gasteiger partial charge in [-0.05, 0) is 37.5 Å². The van der Waals surface area contributed by atoms with Crippen LogP contribution in [0, 0.1) is 17.8 Å². The van der Waals surface area contributed by atoms with E-state index in [4.69, 9.17) is 5.73 Å². The van der Waals surface area contributed by atoms with Crippen LogP contribution in [0.4, 0.5) is 0 Å². The lowest BCUT2D eigenvalue weighted by atomic mass is 9.83. The van der Waals surface area contributed by atoms with Gasteiger partial charge in [-0.3, -0.25) is 4.79 Å². The molecule has 2 atom stereocenters. The van der Waals surface area contributed by atoms with E-state index in [1.165, 1.54) is 44.9 Å². The van der Waals surface area contributed by atoms with Crippen LogP contribution < -0.4 is 11.1 Å². The zero-order valence-corrected chi connectivity index (χ0v) is 11.0. The van der Waals surface area contributed by atoms with E-state index < -0.39 is 0 Å². The van der Waals surface area contributed by atoms with Gasteiger partial charge in [0.2, 0.25) is 5.91 Å². The van der Waals surface area contributed by atoms with Crippen LogP contribution in [-0.4, -0.2) is 18.5 Å². The molecule has 0 aromatic rings. The number of hydrogen-bond acceptors (Lipinski definition) is 2. The van der Waals surface area contributed by atoms with Crippen molar-refractivity contribution in [2.45, 2.75) is 57.9 Å². The highest BCUT2D eigenvalue weighted by atomic mass is 16.1. The molecule has 0 heterocycles. The van der Waals surface area contributed by atoms with E-state index in [2.05, 4.69) is 12.2 Å². The van der Waals surface area contributed by atoms with Crippen molar-refractivity contribution in [3.05, 3.63) is 0 Å². The topological polar surface area (TPSA) is 55.1 Å². The molecule has 0 aliphatic heterocycles. The van der Waals surface area contributed by atoms with Gasteiger partial charge >= 0.3 is 0 Å². The Labute approximate surface area is 105 Å². The molecule has 0 saturated heterocycles. The second kappa shape index (κ2) is 5.85. The molecule has 17 heavy (non-hydrogen) atoms. The summed E-state index contributed by atoms with van der Waals surface area (Å²) >= 11 is 0. The molecule has 2 unspecified atom stereocenters. The van der Waals surface area contributed by atoms with Crippen molar-refractivity contribution in [1.82, 2.24) is 5.32 Å². The average molecular weight is 238 g/mol. The van der Waals surface area contributed by atoms with Crippen LogP contribution >= 0.6 is 0 Å². The van der Waals surface area contributed by atoms with Gasteiger partial charge in [0.1, 0.15) is 0 Å². The Morgan fingerprint density at radius 3 is 2.35 bits per heavy atom. The number of nitrogens with two attached hydrogens (primary N) is 1. The monoisotopic (exact) mass is 238 g/mol. The van der Waals surface area contributed by atoms with Gasteiger partial charge in [0.05, 0.1) is 0 Å². The van der Waals surface area contributed by atoms with Gasteiger partial charge in [-0.1, -0.05) is 26.2 Å². The van der Waals surface area contributed by atoms with Crippen LogP contribution in [0.3, 0.4) is 0 Å². The third-order valence-electron chi connectivity index (χ3n) is 4.54. The second-order valence-corrected chi connectivity index (χ2v) is 5.87. The maximum Gasteiger partial charge on any atom is 0.223 e. The van der Waals surface area contributed by atoms with Gasteiger partial charge in [0.25, 0.3) is 0 Å². The van der Waals surface area contributed by atoms with E-state index >= 15 is 0 Å². The minimum absolute atomic E-state index is 0.188. The Morgan fingerprint density at radius 1 is 1.18 bits per heavy atom. The SMILES string of the molecule is CC(C(=O)NC(CN)C1CCCCC1)C1CC1. The Morgan fingerprint density at radius 2 is 1.82 bits per heavy atom. The summed E-state index contributed by atoms with van der Waals surface area (Å²) < 4.78 is 0. The van der Waals surface area contributed by atoms with Crippen LogP contribution in [0.1, 0.15) is 51.9 Å². The normalized spacial score (nSPS) is 25.3. The Balaban J connectivity index is 1.82. The van der Waals surface area contributed by atoms with Gasteiger partial charge in [-0.2, -0.15) is 0 Å². The summed E-state index contributed by atoms with van der Waals surface area (Å²) in [5, 5.41) is 3.19. The molecule has 0 aromatic heterocycles. The minimum Gasteiger partial charge on any atom is -0.352 e. The highest BCUT2D eigenvalue weighted by molar-refractivity contribution is 5.79. The Hall–Kier alpha value is -0.570. The molecule has 2 rings (SSSR count). The maximum absolute atomic E-state index is 12.1. The van der Waals surface area contributed by atoms with E-state index in [1.54, 1.807) is 0 Å². The largest absolute Gasteiger partial charge is 0.352 e. The first-order valence-electron chi connectivity index (χ1n) is 7.22. The first kappa shape index (κ1) is 12.9. The van der Waals surface area contributed by atoms with Crippen LogP contribution in [-0.2, 0) is 4.79 Å². The van der Waals surface area contributed by atoms with Crippen molar-refractivity contribution < 1.29 is 4.79 Å². The van der Waals surface area contributed by atoms with E-state index in [9.17, 15) is 4.79 Å². The summed E-state index contributed by atoms with van der Waals surface area (Å²) in [6, 6.07) is 0.212. The van der Waals surface area contributed by atoms with E-state index in [1.807, 2.05) is 0 Å². The number of hydrogen-bond donors (Lipinski definition) is 2. The number of rotatable bonds is 5. The van der Waals surface area contributed by atoms with Crippen molar-refractivity contribution >= 4 is 5.91 Å². The molecule has 3 N–H and O–H groups in total. The molecule has 0 spiro atoms.